The van der Waals surface area contributed by atoms with Gasteiger partial charge in [-0.1, -0.05) is 19.1 Å². The molecule has 6 heteroatoms. The molecule has 26 heavy (non-hydrogen) atoms. The van der Waals surface area contributed by atoms with Crippen molar-refractivity contribution in [3.05, 3.63) is 53.6 Å². The molecule has 0 spiro atoms. The van der Waals surface area contributed by atoms with Crippen LogP contribution in [0.3, 0.4) is 0 Å². The number of hydrogen-bond acceptors (Lipinski definition) is 4. The molecule has 2 aromatic rings. The number of ether oxygens (including phenoxy) is 2. The normalized spacial score (nSPS) is 10.2. The van der Waals surface area contributed by atoms with Gasteiger partial charge in [-0.2, -0.15) is 0 Å². The summed E-state index contributed by atoms with van der Waals surface area (Å²) in [5.74, 6) is -0.0247. The lowest BCUT2D eigenvalue weighted by atomic mass is 10.1. The van der Waals surface area contributed by atoms with E-state index in [0.29, 0.717) is 41.5 Å². The van der Waals surface area contributed by atoms with Crippen LogP contribution < -0.4 is 14.8 Å². The van der Waals surface area contributed by atoms with Crippen LogP contribution in [0.25, 0.3) is 0 Å². The second-order valence-electron chi connectivity index (χ2n) is 5.66. The number of benzene rings is 2. The van der Waals surface area contributed by atoms with Crippen molar-refractivity contribution in [3.8, 4) is 11.5 Å². The third-order valence-electron chi connectivity index (χ3n) is 3.53. The number of carbonyl (C=O) groups excluding carboxylic acids is 1. The first-order valence-electron chi connectivity index (χ1n) is 8.55. The Labute approximate surface area is 152 Å². The summed E-state index contributed by atoms with van der Waals surface area (Å²) in [5.41, 5.74) is 1.71. The molecule has 0 heterocycles. The van der Waals surface area contributed by atoms with Crippen molar-refractivity contribution in [2.24, 2.45) is 0 Å². The van der Waals surface area contributed by atoms with Gasteiger partial charge in [-0.3, -0.25) is 9.59 Å². The second-order valence-corrected chi connectivity index (χ2v) is 5.66. The molecule has 0 atom stereocenters. The van der Waals surface area contributed by atoms with E-state index in [1.54, 1.807) is 42.5 Å². The van der Waals surface area contributed by atoms with E-state index in [4.69, 9.17) is 14.6 Å². The predicted molar refractivity (Wildman–Crippen MR) is 99.1 cm³/mol. The van der Waals surface area contributed by atoms with Gasteiger partial charge in [0.15, 0.2) is 11.5 Å². The fourth-order valence-corrected chi connectivity index (χ4v) is 2.33. The van der Waals surface area contributed by atoms with E-state index in [-0.39, 0.29) is 12.3 Å². The minimum atomic E-state index is -0.893. The monoisotopic (exact) mass is 357 g/mol. The Morgan fingerprint density at radius 3 is 2.35 bits per heavy atom. The van der Waals surface area contributed by atoms with Crippen LogP contribution in [0.1, 0.15) is 36.2 Å². The Morgan fingerprint density at radius 1 is 1.00 bits per heavy atom. The Balaban J connectivity index is 2.10. The highest BCUT2D eigenvalue weighted by Gasteiger charge is 2.12. The van der Waals surface area contributed by atoms with Gasteiger partial charge in [0, 0.05) is 11.3 Å². The van der Waals surface area contributed by atoms with E-state index in [1.807, 2.05) is 13.8 Å². The Hall–Kier alpha value is -3.02. The maximum Gasteiger partial charge on any atom is 0.307 e. The van der Waals surface area contributed by atoms with Crippen LogP contribution in [-0.4, -0.2) is 30.2 Å². The van der Waals surface area contributed by atoms with Gasteiger partial charge in [-0.25, -0.2) is 0 Å². The molecule has 0 bridgehead atoms. The molecular formula is C20H23NO5. The summed E-state index contributed by atoms with van der Waals surface area (Å²) in [6, 6.07) is 11.8. The summed E-state index contributed by atoms with van der Waals surface area (Å²) >= 11 is 0. The number of carboxylic acids is 1. The van der Waals surface area contributed by atoms with Crippen molar-refractivity contribution in [1.82, 2.24) is 0 Å². The molecule has 2 aromatic carbocycles. The van der Waals surface area contributed by atoms with Gasteiger partial charge in [-0.05, 0) is 49.2 Å². The number of nitrogens with one attached hydrogen (secondary N) is 1. The van der Waals surface area contributed by atoms with E-state index in [2.05, 4.69) is 5.32 Å². The van der Waals surface area contributed by atoms with Crippen molar-refractivity contribution in [3.63, 3.8) is 0 Å². The number of carbonyl (C=O) groups is 2. The molecule has 2 rings (SSSR count). The highest BCUT2D eigenvalue weighted by molar-refractivity contribution is 6.04. The number of anilines is 1. The molecule has 0 aliphatic heterocycles. The fraction of sp³-hybridized carbons (Fsp3) is 0.300. The largest absolute Gasteiger partial charge is 0.490 e. The van der Waals surface area contributed by atoms with E-state index in [0.717, 1.165) is 6.42 Å². The molecule has 0 radical (unpaired) electrons. The Bertz CT molecular complexity index is 755. The van der Waals surface area contributed by atoms with E-state index >= 15 is 0 Å². The number of amides is 1. The maximum absolute atomic E-state index is 12.5. The number of carboxylic acid groups (broad SMARTS) is 1. The van der Waals surface area contributed by atoms with Gasteiger partial charge in [0.25, 0.3) is 5.91 Å². The van der Waals surface area contributed by atoms with Crippen LogP contribution in [0, 0.1) is 0 Å². The van der Waals surface area contributed by atoms with E-state index in [1.165, 1.54) is 0 Å². The standard InChI is InChI=1S/C20H23NO5/c1-3-11-26-17-10-7-15(13-18(17)25-4-2)20(24)21-16-8-5-14(6-9-16)12-19(22)23/h5-10,13H,3-4,11-12H2,1-2H3,(H,21,24)(H,22,23). The van der Waals surface area contributed by atoms with Crippen molar-refractivity contribution in [1.29, 1.82) is 0 Å². The summed E-state index contributed by atoms with van der Waals surface area (Å²) in [7, 11) is 0. The quantitative estimate of drug-likeness (QED) is 0.714. The van der Waals surface area contributed by atoms with Crippen LogP contribution >= 0.6 is 0 Å². The molecule has 6 nitrogen and oxygen atoms in total. The predicted octanol–water partition coefficient (Wildman–Crippen LogP) is 3.75. The average molecular weight is 357 g/mol. The highest BCUT2D eigenvalue weighted by atomic mass is 16.5. The van der Waals surface area contributed by atoms with Gasteiger partial charge in [-0.15, -0.1) is 0 Å². The van der Waals surface area contributed by atoms with Gasteiger partial charge < -0.3 is 19.9 Å². The lowest BCUT2D eigenvalue weighted by Crippen LogP contribution is -2.12. The first kappa shape index (κ1) is 19.3. The van der Waals surface area contributed by atoms with Crippen LogP contribution in [0.2, 0.25) is 0 Å². The highest BCUT2D eigenvalue weighted by Crippen LogP contribution is 2.29. The third-order valence-corrected chi connectivity index (χ3v) is 3.53. The third kappa shape index (κ3) is 5.51. The topological polar surface area (TPSA) is 84.9 Å². The fourth-order valence-electron chi connectivity index (χ4n) is 2.33. The van der Waals surface area contributed by atoms with Gasteiger partial charge in [0.05, 0.1) is 19.6 Å². The average Bonchev–Trinajstić information content (AvgIpc) is 2.62. The van der Waals surface area contributed by atoms with E-state index < -0.39 is 5.97 Å². The minimum Gasteiger partial charge on any atom is -0.490 e. The molecule has 2 N–H and O–H groups in total. The summed E-state index contributed by atoms with van der Waals surface area (Å²) in [6.07, 6.45) is 0.830. The number of hydrogen-bond donors (Lipinski definition) is 2. The molecule has 1 amide bonds. The molecule has 0 aliphatic rings. The Kier molecular flexibility index (Phi) is 7.02. The zero-order chi connectivity index (χ0) is 18.9. The van der Waals surface area contributed by atoms with Crippen LogP contribution in [0.4, 0.5) is 5.69 Å². The summed E-state index contributed by atoms with van der Waals surface area (Å²) in [6.45, 7) is 4.94. The first-order chi connectivity index (χ1) is 12.5. The molecular weight excluding hydrogens is 334 g/mol. The zero-order valence-corrected chi connectivity index (χ0v) is 15.0. The van der Waals surface area contributed by atoms with Crippen molar-refractivity contribution >= 4 is 17.6 Å². The molecule has 138 valence electrons. The number of aliphatic carboxylic acids is 1. The van der Waals surface area contributed by atoms with Gasteiger partial charge in [0.1, 0.15) is 0 Å². The molecule has 0 unspecified atom stereocenters. The second kappa shape index (κ2) is 9.46. The lowest BCUT2D eigenvalue weighted by molar-refractivity contribution is -0.136. The summed E-state index contributed by atoms with van der Waals surface area (Å²) in [5, 5.41) is 11.6. The van der Waals surface area contributed by atoms with Crippen LogP contribution in [0.15, 0.2) is 42.5 Å². The zero-order valence-electron chi connectivity index (χ0n) is 15.0. The van der Waals surface area contributed by atoms with Gasteiger partial charge in [0.2, 0.25) is 0 Å². The Morgan fingerprint density at radius 2 is 1.73 bits per heavy atom. The molecule has 0 fully saturated rings. The summed E-state index contributed by atoms with van der Waals surface area (Å²) in [4.78, 5) is 23.2. The van der Waals surface area contributed by atoms with Crippen molar-refractivity contribution < 1.29 is 24.2 Å². The summed E-state index contributed by atoms with van der Waals surface area (Å²) < 4.78 is 11.2. The van der Waals surface area contributed by atoms with Crippen molar-refractivity contribution in [2.45, 2.75) is 26.7 Å². The lowest BCUT2D eigenvalue weighted by Gasteiger charge is -2.13. The van der Waals surface area contributed by atoms with E-state index in [9.17, 15) is 9.59 Å². The number of rotatable bonds is 9. The van der Waals surface area contributed by atoms with Crippen LogP contribution in [-0.2, 0) is 11.2 Å². The molecule has 0 aromatic heterocycles. The maximum atomic E-state index is 12.5. The molecule has 0 saturated heterocycles. The molecule has 0 aliphatic carbocycles. The first-order valence-corrected chi connectivity index (χ1v) is 8.55. The molecule has 0 saturated carbocycles. The van der Waals surface area contributed by atoms with Gasteiger partial charge >= 0.3 is 5.97 Å². The van der Waals surface area contributed by atoms with Crippen LogP contribution in [0.5, 0.6) is 11.5 Å². The minimum absolute atomic E-state index is 0.0504. The SMILES string of the molecule is CCCOc1ccc(C(=O)Nc2ccc(CC(=O)O)cc2)cc1OCC. The smallest absolute Gasteiger partial charge is 0.307 e. The van der Waals surface area contributed by atoms with Crippen molar-refractivity contribution in [2.75, 3.05) is 18.5 Å².